The Morgan fingerprint density at radius 1 is 1.14 bits per heavy atom. The molecule has 3 aromatic rings. The Labute approximate surface area is 187 Å². The molecule has 0 N–H and O–H groups in total. The number of carbonyl (C=O) groups is 1. The fourth-order valence-corrected chi connectivity index (χ4v) is 5.38. The summed E-state index contributed by atoms with van der Waals surface area (Å²) in [5.74, 6) is 0.0249. The molecule has 1 aliphatic rings. The van der Waals surface area contributed by atoms with Crippen molar-refractivity contribution in [1.29, 1.82) is 0 Å². The highest BCUT2D eigenvalue weighted by atomic mass is 79.9. The molecule has 0 spiro atoms. The van der Waals surface area contributed by atoms with Gasteiger partial charge >= 0.3 is 0 Å². The lowest BCUT2D eigenvalue weighted by Crippen LogP contribution is -2.48. The number of hydrogen-bond acceptors (Lipinski definition) is 6. The van der Waals surface area contributed by atoms with Crippen molar-refractivity contribution >= 4 is 44.5 Å². The normalized spacial score (nSPS) is 15.0. The number of nitrogens with zero attached hydrogens (tertiary/aromatic N) is 3. The SMILES string of the molecule is COCc1nc(C(=O)N2CCN(Cc3ccc(-c4ccc(Br)cc4)s3)CC2)cs1. The fraction of sp³-hybridized carbons (Fsp3) is 0.333. The van der Waals surface area contributed by atoms with Gasteiger partial charge in [-0.3, -0.25) is 9.69 Å². The van der Waals surface area contributed by atoms with Crippen molar-refractivity contribution in [2.24, 2.45) is 0 Å². The minimum Gasteiger partial charge on any atom is -0.378 e. The zero-order valence-corrected chi connectivity index (χ0v) is 19.4. The molecule has 0 radical (unpaired) electrons. The number of aromatic nitrogens is 1. The summed E-state index contributed by atoms with van der Waals surface area (Å²) in [6.07, 6.45) is 0. The first-order chi connectivity index (χ1) is 14.1. The van der Waals surface area contributed by atoms with Gasteiger partial charge in [-0.15, -0.1) is 22.7 Å². The highest BCUT2D eigenvalue weighted by Crippen LogP contribution is 2.30. The van der Waals surface area contributed by atoms with Crippen LogP contribution in [0.5, 0.6) is 0 Å². The molecule has 0 unspecified atom stereocenters. The number of rotatable bonds is 6. The Morgan fingerprint density at radius 3 is 2.62 bits per heavy atom. The Balaban J connectivity index is 1.31. The summed E-state index contributed by atoms with van der Waals surface area (Å²) < 4.78 is 6.18. The highest BCUT2D eigenvalue weighted by molar-refractivity contribution is 9.10. The number of hydrogen-bond donors (Lipinski definition) is 0. The van der Waals surface area contributed by atoms with E-state index >= 15 is 0 Å². The van der Waals surface area contributed by atoms with Gasteiger partial charge in [0.25, 0.3) is 5.91 Å². The molecule has 3 heterocycles. The van der Waals surface area contributed by atoms with Crippen LogP contribution >= 0.6 is 38.6 Å². The number of thiophene rings is 1. The number of amides is 1. The van der Waals surface area contributed by atoms with Crippen LogP contribution in [-0.2, 0) is 17.9 Å². The molecule has 8 heteroatoms. The maximum absolute atomic E-state index is 12.7. The molecule has 0 saturated carbocycles. The Morgan fingerprint density at radius 2 is 1.90 bits per heavy atom. The highest BCUT2D eigenvalue weighted by Gasteiger charge is 2.24. The second-order valence-electron chi connectivity index (χ2n) is 6.90. The number of ether oxygens (including phenoxy) is 1. The number of benzene rings is 1. The van der Waals surface area contributed by atoms with Gasteiger partial charge in [-0.05, 0) is 29.8 Å². The van der Waals surface area contributed by atoms with E-state index in [1.807, 2.05) is 21.6 Å². The van der Waals surface area contributed by atoms with Crippen LogP contribution in [0.4, 0.5) is 0 Å². The first kappa shape index (κ1) is 20.7. The molecule has 2 aromatic heterocycles. The third kappa shape index (κ3) is 5.13. The smallest absolute Gasteiger partial charge is 0.273 e. The molecule has 4 rings (SSSR count). The third-order valence-electron chi connectivity index (χ3n) is 4.87. The number of carbonyl (C=O) groups excluding carboxylic acids is 1. The number of halogens is 1. The van der Waals surface area contributed by atoms with Crippen LogP contribution in [0.2, 0.25) is 0 Å². The maximum Gasteiger partial charge on any atom is 0.273 e. The van der Waals surface area contributed by atoms with Crippen molar-refractivity contribution in [1.82, 2.24) is 14.8 Å². The molecule has 0 aliphatic carbocycles. The molecule has 1 fully saturated rings. The molecular weight excluding hydrogens is 470 g/mol. The van der Waals surface area contributed by atoms with Gasteiger partial charge in [0.2, 0.25) is 0 Å². The molecule has 0 atom stereocenters. The van der Waals surface area contributed by atoms with E-state index in [1.165, 1.54) is 26.7 Å². The van der Waals surface area contributed by atoms with Gasteiger partial charge in [0.05, 0.1) is 6.61 Å². The van der Waals surface area contributed by atoms with E-state index in [0.29, 0.717) is 12.3 Å². The van der Waals surface area contributed by atoms with Crippen molar-refractivity contribution in [3.05, 3.63) is 61.8 Å². The van der Waals surface area contributed by atoms with Crippen molar-refractivity contribution in [2.75, 3.05) is 33.3 Å². The summed E-state index contributed by atoms with van der Waals surface area (Å²) in [5.41, 5.74) is 1.78. The average molecular weight is 492 g/mol. The van der Waals surface area contributed by atoms with Crippen LogP contribution in [0.25, 0.3) is 10.4 Å². The quantitative estimate of drug-likeness (QED) is 0.499. The lowest BCUT2D eigenvalue weighted by molar-refractivity contribution is 0.0624. The molecular formula is C21H22BrN3O2S2. The topological polar surface area (TPSA) is 45.7 Å². The van der Waals surface area contributed by atoms with E-state index in [2.05, 4.69) is 62.2 Å². The van der Waals surface area contributed by atoms with Crippen molar-refractivity contribution in [2.45, 2.75) is 13.2 Å². The summed E-state index contributed by atoms with van der Waals surface area (Å²) in [4.78, 5) is 24.0. The van der Waals surface area contributed by atoms with E-state index < -0.39 is 0 Å². The van der Waals surface area contributed by atoms with Gasteiger partial charge in [-0.25, -0.2) is 4.98 Å². The van der Waals surface area contributed by atoms with E-state index in [4.69, 9.17) is 4.74 Å². The predicted molar refractivity (Wildman–Crippen MR) is 121 cm³/mol. The minimum absolute atomic E-state index is 0.0249. The standard InChI is InChI=1S/C21H22BrN3O2S2/c1-27-13-20-23-18(14-28-20)21(26)25-10-8-24(9-11-25)12-17-6-7-19(29-17)15-2-4-16(22)5-3-15/h2-7,14H,8-13H2,1H3. The minimum atomic E-state index is 0.0249. The van der Waals surface area contributed by atoms with Crippen LogP contribution in [0.3, 0.4) is 0 Å². The molecule has 1 amide bonds. The molecule has 152 valence electrons. The van der Waals surface area contributed by atoms with Crippen LogP contribution in [0, 0.1) is 0 Å². The second kappa shape index (κ2) is 9.49. The summed E-state index contributed by atoms with van der Waals surface area (Å²) in [7, 11) is 1.64. The molecule has 1 aromatic carbocycles. The summed E-state index contributed by atoms with van der Waals surface area (Å²) in [5, 5.41) is 2.67. The summed E-state index contributed by atoms with van der Waals surface area (Å²) in [6, 6.07) is 12.8. The van der Waals surface area contributed by atoms with Crippen molar-refractivity contribution < 1.29 is 9.53 Å². The maximum atomic E-state index is 12.7. The van der Waals surface area contributed by atoms with Crippen molar-refractivity contribution in [3.63, 3.8) is 0 Å². The van der Waals surface area contributed by atoms with Crippen LogP contribution in [0.15, 0.2) is 46.3 Å². The van der Waals surface area contributed by atoms with Gasteiger partial charge in [-0.1, -0.05) is 28.1 Å². The van der Waals surface area contributed by atoms with Crippen LogP contribution in [-0.4, -0.2) is 54.0 Å². The first-order valence-corrected chi connectivity index (χ1v) is 11.9. The molecule has 29 heavy (non-hydrogen) atoms. The van der Waals surface area contributed by atoms with Crippen LogP contribution in [0.1, 0.15) is 20.4 Å². The van der Waals surface area contributed by atoms with Crippen molar-refractivity contribution in [3.8, 4) is 10.4 Å². The fourth-order valence-electron chi connectivity index (χ4n) is 3.32. The number of methoxy groups -OCH3 is 1. The largest absolute Gasteiger partial charge is 0.378 e. The molecule has 1 saturated heterocycles. The lowest BCUT2D eigenvalue weighted by Gasteiger charge is -2.34. The lowest BCUT2D eigenvalue weighted by atomic mass is 10.2. The zero-order valence-electron chi connectivity index (χ0n) is 16.1. The molecule has 5 nitrogen and oxygen atoms in total. The Hall–Kier alpha value is -1.58. The zero-order chi connectivity index (χ0) is 20.2. The predicted octanol–water partition coefficient (Wildman–Crippen LogP) is 4.74. The van der Waals surface area contributed by atoms with Gasteiger partial charge in [0.15, 0.2) is 0 Å². The van der Waals surface area contributed by atoms with Gasteiger partial charge in [-0.2, -0.15) is 0 Å². The number of thiazole rings is 1. The first-order valence-electron chi connectivity index (χ1n) is 9.42. The monoisotopic (exact) mass is 491 g/mol. The Bertz CT molecular complexity index is 962. The summed E-state index contributed by atoms with van der Waals surface area (Å²) >= 11 is 6.80. The second-order valence-corrected chi connectivity index (χ2v) is 9.93. The van der Waals surface area contributed by atoms with Gasteiger partial charge < -0.3 is 9.64 Å². The summed E-state index contributed by atoms with van der Waals surface area (Å²) in [6.45, 7) is 4.62. The van der Waals surface area contributed by atoms with Gasteiger partial charge in [0.1, 0.15) is 10.7 Å². The van der Waals surface area contributed by atoms with E-state index in [1.54, 1.807) is 7.11 Å². The molecule has 1 aliphatic heterocycles. The van der Waals surface area contributed by atoms with E-state index in [0.717, 1.165) is 42.2 Å². The Kier molecular flexibility index (Phi) is 6.77. The van der Waals surface area contributed by atoms with Gasteiger partial charge in [0, 0.05) is 59.4 Å². The third-order valence-corrected chi connectivity index (χ3v) is 7.34. The number of piperazine rings is 1. The average Bonchev–Trinajstić information content (AvgIpc) is 3.39. The van der Waals surface area contributed by atoms with E-state index in [9.17, 15) is 4.79 Å². The van der Waals surface area contributed by atoms with E-state index in [-0.39, 0.29) is 5.91 Å². The molecule has 0 bridgehead atoms. The van der Waals surface area contributed by atoms with Crippen LogP contribution < -0.4 is 0 Å².